The predicted octanol–water partition coefficient (Wildman–Crippen LogP) is 7.57. The molecule has 2 aliphatic heterocycles. The molecule has 0 saturated carbocycles. The van der Waals surface area contributed by atoms with E-state index >= 15 is 0 Å². The van der Waals surface area contributed by atoms with E-state index < -0.39 is 0 Å². The lowest BCUT2D eigenvalue weighted by Crippen LogP contribution is -2.43. The SMILES string of the molecule is CCCc1cc(Cc2ccc(N3CCNCC3)cc2)ncc1C=C(C(C)=O)c1ccc(C2=CC=C=CS2)cc1Cl. The van der Waals surface area contributed by atoms with E-state index in [1.165, 1.54) is 16.8 Å². The number of aryl methyl sites for hydroxylation is 1. The average Bonchev–Trinajstić information content (AvgIpc) is 2.98. The number of piperazine rings is 1. The van der Waals surface area contributed by atoms with Gasteiger partial charge in [-0.3, -0.25) is 9.78 Å². The molecule has 2 aromatic carbocycles. The summed E-state index contributed by atoms with van der Waals surface area (Å²) < 4.78 is 0. The zero-order chi connectivity index (χ0) is 27.9. The van der Waals surface area contributed by atoms with Gasteiger partial charge in [0.05, 0.1) is 0 Å². The van der Waals surface area contributed by atoms with Crippen molar-refractivity contribution in [2.75, 3.05) is 31.1 Å². The number of nitrogens with one attached hydrogen (secondary N) is 1. The summed E-state index contributed by atoms with van der Waals surface area (Å²) in [6, 6.07) is 16.9. The molecule has 4 nitrogen and oxygen atoms in total. The van der Waals surface area contributed by atoms with Gasteiger partial charge in [0.2, 0.25) is 0 Å². The van der Waals surface area contributed by atoms with Gasteiger partial charge in [-0.15, -0.1) is 5.73 Å². The van der Waals surface area contributed by atoms with Crippen LogP contribution in [0.2, 0.25) is 5.02 Å². The van der Waals surface area contributed by atoms with Crippen LogP contribution in [0.4, 0.5) is 5.69 Å². The van der Waals surface area contributed by atoms with Gasteiger partial charge in [0.1, 0.15) is 0 Å². The molecule has 1 saturated heterocycles. The summed E-state index contributed by atoms with van der Waals surface area (Å²) in [6.07, 6.45) is 10.5. The molecule has 0 spiro atoms. The highest BCUT2D eigenvalue weighted by atomic mass is 35.5. The van der Waals surface area contributed by atoms with Gasteiger partial charge in [-0.05, 0) is 78.1 Å². The van der Waals surface area contributed by atoms with Gasteiger partial charge in [0, 0.05) is 76.7 Å². The molecule has 0 radical (unpaired) electrons. The molecule has 6 heteroatoms. The minimum absolute atomic E-state index is 0.0251. The Kier molecular flexibility index (Phi) is 9.41. The van der Waals surface area contributed by atoms with Gasteiger partial charge in [-0.1, -0.05) is 61.0 Å². The highest BCUT2D eigenvalue weighted by molar-refractivity contribution is 8.11. The Bertz CT molecular complexity index is 1510. The maximum absolute atomic E-state index is 12.8. The van der Waals surface area contributed by atoms with Crippen molar-refractivity contribution in [3.8, 4) is 0 Å². The number of hydrogen-bond donors (Lipinski definition) is 1. The van der Waals surface area contributed by atoms with Crippen molar-refractivity contribution in [3.05, 3.63) is 117 Å². The highest BCUT2D eigenvalue weighted by Crippen LogP contribution is 2.35. The number of rotatable bonds is 9. The number of carbonyl (C=O) groups excluding carboxylic acids is 1. The fourth-order valence-corrected chi connectivity index (χ4v) is 6.07. The van der Waals surface area contributed by atoms with Gasteiger partial charge in [-0.25, -0.2) is 0 Å². The lowest BCUT2D eigenvalue weighted by atomic mass is 9.95. The van der Waals surface area contributed by atoms with E-state index in [9.17, 15) is 4.79 Å². The summed E-state index contributed by atoms with van der Waals surface area (Å²) in [5, 5.41) is 5.89. The Balaban J connectivity index is 1.39. The number of pyridine rings is 1. The van der Waals surface area contributed by atoms with Crippen molar-refractivity contribution in [2.45, 2.75) is 33.1 Å². The number of nitrogens with zero attached hydrogens (tertiary/aromatic N) is 2. The van der Waals surface area contributed by atoms with Crippen LogP contribution in [0.5, 0.6) is 0 Å². The number of ketones is 1. The first-order valence-corrected chi connectivity index (χ1v) is 15.1. The summed E-state index contributed by atoms with van der Waals surface area (Å²) in [5.41, 5.74) is 11.1. The Morgan fingerprint density at radius 2 is 1.95 bits per heavy atom. The van der Waals surface area contributed by atoms with Crippen molar-refractivity contribution >= 4 is 51.4 Å². The second kappa shape index (κ2) is 13.3. The molecule has 40 heavy (non-hydrogen) atoms. The third kappa shape index (κ3) is 6.86. The van der Waals surface area contributed by atoms with E-state index in [2.05, 4.69) is 53.2 Å². The molecule has 3 aromatic rings. The smallest absolute Gasteiger partial charge is 0.160 e. The van der Waals surface area contributed by atoms with Crippen LogP contribution in [-0.4, -0.2) is 36.9 Å². The Labute approximate surface area is 246 Å². The number of halogens is 1. The topological polar surface area (TPSA) is 45.2 Å². The van der Waals surface area contributed by atoms with Crippen LogP contribution in [0.1, 0.15) is 53.8 Å². The van der Waals surface area contributed by atoms with Crippen LogP contribution in [0.3, 0.4) is 0 Å². The third-order valence-electron chi connectivity index (χ3n) is 7.21. The van der Waals surface area contributed by atoms with E-state index in [1.54, 1.807) is 18.7 Å². The summed E-state index contributed by atoms with van der Waals surface area (Å²) in [5.74, 6) is -0.0251. The first-order valence-electron chi connectivity index (χ1n) is 13.8. The summed E-state index contributed by atoms with van der Waals surface area (Å²) in [7, 11) is 0. The lowest BCUT2D eigenvalue weighted by molar-refractivity contribution is -0.111. The van der Waals surface area contributed by atoms with E-state index in [0.29, 0.717) is 10.6 Å². The largest absolute Gasteiger partial charge is 0.369 e. The number of aromatic nitrogens is 1. The second-order valence-corrected chi connectivity index (χ2v) is 11.4. The van der Waals surface area contributed by atoms with Crippen molar-refractivity contribution in [3.63, 3.8) is 0 Å². The quantitative estimate of drug-likeness (QED) is 0.213. The van der Waals surface area contributed by atoms with Crippen LogP contribution < -0.4 is 10.2 Å². The molecular formula is C34H34ClN3OS. The van der Waals surface area contributed by atoms with E-state index in [0.717, 1.165) is 72.7 Å². The number of benzene rings is 2. The molecule has 0 aliphatic carbocycles. The Morgan fingerprint density at radius 1 is 1.15 bits per heavy atom. The zero-order valence-electron chi connectivity index (χ0n) is 23.0. The number of thioether (sulfide) groups is 1. The minimum atomic E-state index is -0.0251. The summed E-state index contributed by atoms with van der Waals surface area (Å²) in [4.78, 5) is 21.1. The number of anilines is 1. The first kappa shape index (κ1) is 28.2. The summed E-state index contributed by atoms with van der Waals surface area (Å²) in [6.45, 7) is 7.91. The molecule has 0 unspecified atom stereocenters. The molecule has 0 atom stereocenters. The molecule has 3 heterocycles. The molecule has 1 N–H and O–H groups in total. The number of allylic oxidation sites excluding steroid dienone is 3. The Morgan fingerprint density at radius 3 is 2.62 bits per heavy atom. The van der Waals surface area contributed by atoms with Gasteiger partial charge in [0.25, 0.3) is 0 Å². The number of carbonyl (C=O) groups is 1. The van der Waals surface area contributed by atoms with Crippen molar-refractivity contribution in [2.24, 2.45) is 0 Å². The molecule has 2 aliphatic rings. The van der Waals surface area contributed by atoms with E-state index in [1.807, 2.05) is 48.0 Å². The van der Waals surface area contributed by atoms with Gasteiger partial charge >= 0.3 is 0 Å². The van der Waals surface area contributed by atoms with Crippen LogP contribution in [0, 0.1) is 0 Å². The molecule has 1 aromatic heterocycles. The lowest BCUT2D eigenvalue weighted by Gasteiger charge is -2.29. The second-order valence-electron chi connectivity index (χ2n) is 10.1. The number of hydrogen-bond acceptors (Lipinski definition) is 5. The fraction of sp³-hybridized carbons (Fsp3) is 0.265. The average molecular weight is 568 g/mol. The van der Waals surface area contributed by atoms with Gasteiger partial charge in [0.15, 0.2) is 5.78 Å². The van der Waals surface area contributed by atoms with E-state index in [-0.39, 0.29) is 5.78 Å². The van der Waals surface area contributed by atoms with Crippen LogP contribution >= 0.6 is 23.4 Å². The third-order valence-corrected chi connectivity index (χ3v) is 8.40. The fourth-order valence-electron chi connectivity index (χ4n) is 5.10. The standard InChI is InChI=1S/C34H34ClN3OS/c1-3-6-26-20-29(19-25-8-11-30(12-9-25)38-16-14-36-15-17-38)37-23-28(26)21-32(24(2)39)31-13-10-27(22-33(31)35)34-7-4-5-18-40-34/h4,7-13,18,20-23,36H,3,6,14-17,19H2,1-2H3. The molecule has 0 amide bonds. The Hall–Kier alpha value is -3.34. The number of Topliss-reactive ketones (excluding diaryl/α,β-unsaturated/α-hetero) is 1. The van der Waals surface area contributed by atoms with Gasteiger partial charge in [-0.2, -0.15) is 0 Å². The van der Waals surface area contributed by atoms with E-state index in [4.69, 9.17) is 16.6 Å². The molecule has 1 fully saturated rings. The van der Waals surface area contributed by atoms with Gasteiger partial charge < -0.3 is 10.2 Å². The normalized spacial score (nSPS) is 15.3. The van der Waals surface area contributed by atoms with Crippen LogP contribution in [-0.2, 0) is 17.6 Å². The maximum Gasteiger partial charge on any atom is 0.160 e. The van der Waals surface area contributed by atoms with Crippen LogP contribution in [0.25, 0.3) is 16.6 Å². The molecular weight excluding hydrogens is 534 g/mol. The van der Waals surface area contributed by atoms with Crippen molar-refractivity contribution in [1.82, 2.24) is 10.3 Å². The molecule has 5 rings (SSSR count). The maximum atomic E-state index is 12.8. The first-order chi connectivity index (χ1) is 19.5. The summed E-state index contributed by atoms with van der Waals surface area (Å²) >= 11 is 8.35. The molecule has 204 valence electrons. The zero-order valence-corrected chi connectivity index (χ0v) is 24.6. The van der Waals surface area contributed by atoms with Crippen molar-refractivity contribution < 1.29 is 4.79 Å². The minimum Gasteiger partial charge on any atom is -0.369 e. The monoisotopic (exact) mass is 567 g/mol. The predicted molar refractivity (Wildman–Crippen MR) is 171 cm³/mol. The molecule has 0 bridgehead atoms. The van der Waals surface area contributed by atoms with Crippen LogP contribution in [0.15, 0.2) is 78.0 Å². The highest BCUT2D eigenvalue weighted by Gasteiger charge is 2.16. The van der Waals surface area contributed by atoms with Crippen molar-refractivity contribution in [1.29, 1.82) is 0 Å².